The van der Waals surface area contributed by atoms with E-state index in [1.165, 1.54) is 0 Å². The van der Waals surface area contributed by atoms with Crippen LogP contribution in [0.15, 0.2) is 28.4 Å². The molecule has 110 valence electrons. The van der Waals surface area contributed by atoms with Crippen LogP contribution >= 0.6 is 22.9 Å². The Hall–Kier alpha value is -1.80. The number of hydrogen-bond donors (Lipinski definition) is 1. The van der Waals surface area contributed by atoms with Crippen molar-refractivity contribution in [3.63, 3.8) is 0 Å². The fourth-order valence-electron chi connectivity index (χ4n) is 2.02. The van der Waals surface area contributed by atoms with E-state index in [-0.39, 0.29) is 17.1 Å². The van der Waals surface area contributed by atoms with Crippen molar-refractivity contribution >= 4 is 28.6 Å². The number of halogens is 4. The molecule has 0 aliphatic rings. The number of aromatic nitrogens is 3. The average Bonchev–Trinajstić information content (AvgIpc) is 3.03. The van der Waals surface area contributed by atoms with Crippen LogP contribution in [0.25, 0.3) is 16.1 Å². The highest BCUT2D eigenvalue weighted by atomic mass is 35.5. The summed E-state index contributed by atoms with van der Waals surface area (Å²) in [4.78, 5) is 15.0. The van der Waals surface area contributed by atoms with E-state index in [1.54, 1.807) is 17.5 Å². The second kappa shape index (κ2) is 4.88. The lowest BCUT2D eigenvalue weighted by Crippen LogP contribution is -2.16. The van der Waals surface area contributed by atoms with Crippen LogP contribution in [-0.2, 0) is 12.1 Å². The van der Waals surface area contributed by atoms with Gasteiger partial charge in [0.1, 0.15) is 5.65 Å². The van der Waals surface area contributed by atoms with Crippen molar-refractivity contribution in [1.82, 2.24) is 14.6 Å². The van der Waals surface area contributed by atoms with Gasteiger partial charge in [-0.15, -0.1) is 22.9 Å². The molecule has 3 rings (SSSR count). The summed E-state index contributed by atoms with van der Waals surface area (Å²) in [6.45, 7) is 0. The Morgan fingerprint density at radius 1 is 1.43 bits per heavy atom. The minimum Gasteiger partial charge on any atom is -0.342 e. The van der Waals surface area contributed by atoms with Crippen LogP contribution in [0.5, 0.6) is 0 Å². The van der Waals surface area contributed by atoms with Gasteiger partial charge < -0.3 is 4.98 Å². The van der Waals surface area contributed by atoms with Crippen LogP contribution < -0.4 is 5.56 Å². The first-order valence-corrected chi connectivity index (χ1v) is 7.15. The third-order valence-corrected chi connectivity index (χ3v) is 4.03. The van der Waals surface area contributed by atoms with E-state index < -0.39 is 17.4 Å². The quantitative estimate of drug-likeness (QED) is 0.730. The molecule has 4 nitrogen and oxygen atoms in total. The van der Waals surface area contributed by atoms with Crippen LogP contribution in [0, 0.1) is 0 Å². The van der Waals surface area contributed by atoms with E-state index in [1.807, 2.05) is 0 Å². The first-order valence-electron chi connectivity index (χ1n) is 5.74. The van der Waals surface area contributed by atoms with Gasteiger partial charge in [-0.25, -0.2) is 0 Å². The van der Waals surface area contributed by atoms with Crippen LogP contribution in [0.4, 0.5) is 13.2 Å². The summed E-state index contributed by atoms with van der Waals surface area (Å²) < 4.78 is 40.3. The highest BCUT2D eigenvalue weighted by Crippen LogP contribution is 2.39. The van der Waals surface area contributed by atoms with Gasteiger partial charge in [0.2, 0.25) is 0 Å². The Kier molecular flexibility index (Phi) is 3.29. The highest BCUT2D eigenvalue weighted by molar-refractivity contribution is 7.13. The number of thiophene rings is 1. The lowest BCUT2D eigenvalue weighted by molar-refractivity contribution is -0.140. The summed E-state index contributed by atoms with van der Waals surface area (Å²) in [6.07, 6.45) is -4.66. The van der Waals surface area contributed by atoms with E-state index in [2.05, 4.69) is 10.1 Å². The smallest absolute Gasteiger partial charge is 0.342 e. The SMILES string of the molecule is O=c1cc(CCl)[nH]c2c(-c3cccs3)c(C(F)(F)F)nn12. The molecule has 0 aliphatic carbocycles. The third kappa shape index (κ3) is 2.34. The summed E-state index contributed by atoms with van der Waals surface area (Å²) in [5.41, 5.74) is -1.56. The maximum absolute atomic E-state index is 13.2. The van der Waals surface area contributed by atoms with Crippen molar-refractivity contribution in [3.8, 4) is 10.4 Å². The molecule has 0 aromatic carbocycles. The molecular weight excluding hydrogens is 327 g/mol. The van der Waals surface area contributed by atoms with E-state index in [4.69, 9.17) is 11.6 Å². The molecule has 1 N–H and O–H groups in total. The molecule has 9 heteroatoms. The number of hydrogen-bond acceptors (Lipinski definition) is 3. The van der Waals surface area contributed by atoms with Crippen molar-refractivity contribution in [2.45, 2.75) is 12.1 Å². The zero-order valence-corrected chi connectivity index (χ0v) is 11.8. The number of nitrogens with zero attached hydrogens (tertiary/aromatic N) is 2. The first kappa shape index (κ1) is 14.2. The van der Waals surface area contributed by atoms with E-state index in [0.717, 1.165) is 17.4 Å². The largest absolute Gasteiger partial charge is 0.435 e. The Morgan fingerprint density at radius 3 is 2.76 bits per heavy atom. The van der Waals surface area contributed by atoms with Gasteiger partial charge in [-0.05, 0) is 11.4 Å². The van der Waals surface area contributed by atoms with Crippen LogP contribution in [0.2, 0.25) is 0 Å². The molecule has 0 bridgehead atoms. The fourth-order valence-corrected chi connectivity index (χ4v) is 2.93. The number of rotatable bonds is 2. The van der Waals surface area contributed by atoms with E-state index in [9.17, 15) is 18.0 Å². The van der Waals surface area contributed by atoms with Crippen molar-refractivity contribution in [2.75, 3.05) is 0 Å². The standard InChI is InChI=1S/C12H7ClF3N3OS/c13-5-6-4-8(20)19-11(17-6)9(7-2-1-3-21-7)10(18-19)12(14,15)16/h1-4,17H,5H2. The summed E-state index contributed by atoms with van der Waals surface area (Å²) in [7, 11) is 0. The second-order valence-corrected chi connectivity index (χ2v) is 5.44. The van der Waals surface area contributed by atoms with Gasteiger partial charge in [0.15, 0.2) is 5.69 Å². The Balaban J connectivity index is 2.45. The predicted molar refractivity (Wildman–Crippen MR) is 73.7 cm³/mol. The molecule has 0 unspecified atom stereocenters. The van der Waals surface area contributed by atoms with Gasteiger partial charge in [0.05, 0.1) is 11.4 Å². The minimum absolute atomic E-state index is 0.00655. The van der Waals surface area contributed by atoms with Gasteiger partial charge in [-0.3, -0.25) is 4.79 Å². The molecule has 0 radical (unpaired) electrons. The monoisotopic (exact) mass is 333 g/mol. The van der Waals surface area contributed by atoms with E-state index in [0.29, 0.717) is 15.1 Å². The van der Waals surface area contributed by atoms with Gasteiger partial charge in [0.25, 0.3) is 5.56 Å². The predicted octanol–water partition coefficient (Wildman–Crippen LogP) is 3.51. The molecule has 3 aromatic rings. The van der Waals surface area contributed by atoms with E-state index >= 15 is 0 Å². The molecule has 21 heavy (non-hydrogen) atoms. The average molecular weight is 334 g/mol. The Labute approximate surface area is 124 Å². The highest BCUT2D eigenvalue weighted by Gasteiger charge is 2.39. The first-order chi connectivity index (χ1) is 9.91. The molecule has 0 fully saturated rings. The Bertz CT molecular complexity index is 851. The van der Waals surface area contributed by atoms with Crippen molar-refractivity contribution in [1.29, 1.82) is 0 Å². The lowest BCUT2D eigenvalue weighted by atomic mass is 10.2. The van der Waals surface area contributed by atoms with Crippen molar-refractivity contribution < 1.29 is 13.2 Å². The number of alkyl halides is 4. The maximum Gasteiger partial charge on any atom is 0.435 e. The normalized spacial score (nSPS) is 12.2. The lowest BCUT2D eigenvalue weighted by Gasteiger charge is -2.04. The molecule has 0 saturated heterocycles. The van der Waals surface area contributed by atoms with Gasteiger partial charge in [-0.1, -0.05) is 6.07 Å². The zero-order chi connectivity index (χ0) is 15.2. The fraction of sp³-hybridized carbons (Fsp3) is 0.167. The topological polar surface area (TPSA) is 50.2 Å². The molecule has 0 aliphatic heterocycles. The molecule has 0 spiro atoms. The van der Waals surface area contributed by atoms with Gasteiger partial charge >= 0.3 is 6.18 Å². The summed E-state index contributed by atoms with van der Waals surface area (Å²) in [5, 5.41) is 5.08. The van der Waals surface area contributed by atoms with Crippen molar-refractivity contribution in [3.05, 3.63) is 45.3 Å². The minimum atomic E-state index is -4.66. The summed E-state index contributed by atoms with van der Waals surface area (Å²) >= 11 is 6.79. The molecule has 3 aromatic heterocycles. The zero-order valence-electron chi connectivity index (χ0n) is 10.2. The molecule has 0 amide bonds. The molecule has 3 heterocycles. The molecule has 0 saturated carbocycles. The van der Waals surface area contributed by atoms with Crippen LogP contribution in [0.3, 0.4) is 0 Å². The number of nitrogens with one attached hydrogen (secondary N) is 1. The number of fused-ring (bicyclic) bond motifs is 1. The number of H-pyrrole nitrogens is 1. The van der Waals surface area contributed by atoms with Crippen LogP contribution in [0.1, 0.15) is 11.4 Å². The molecule has 0 atom stereocenters. The van der Waals surface area contributed by atoms with Gasteiger partial charge in [-0.2, -0.15) is 22.8 Å². The summed E-state index contributed by atoms with van der Waals surface area (Å²) in [5.74, 6) is -0.0118. The van der Waals surface area contributed by atoms with Crippen molar-refractivity contribution in [2.24, 2.45) is 0 Å². The Morgan fingerprint density at radius 2 is 2.19 bits per heavy atom. The summed E-state index contributed by atoms with van der Waals surface area (Å²) in [6, 6.07) is 4.31. The van der Waals surface area contributed by atoms with Gasteiger partial charge in [0, 0.05) is 16.6 Å². The molecular formula is C12H7ClF3N3OS. The number of aromatic amines is 1. The maximum atomic E-state index is 13.2. The second-order valence-electron chi connectivity index (χ2n) is 4.23. The van der Waals surface area contributed by atoms with Crippen LogP contribution in [-0.4, -0.2) is 14.6 Å². The third-order valence-electron chi connectivity index (χ3n) is 2.85.